The average molecular weight is 261 g/mol. The summed E-state index contributed by atoms with van der Waals surface area (Å²) in [6.45, 7) is 5.54. The van der Waals surface area contributed by atoms with E-state index in [4.69, 9.17) is 0 Å². The number of hydrogen-bond donors (Lipinski definition) is 1. The van der Waals surface area contributed by atoms with E-state index >= 15 is 0 Å². The van der Waals surface area contributed by atoms with Gasteiger partial charge in [-0.3, -0.25) is 14.2 Å². The first-order valence-electron chi connectivity index (χ1n) is 6.55. The fourth-order valence-corrected chi connectivity index (χ4v) is 1.81. The molecule has 2 rings (SSSR count). The Morgan fingerprint density at radius 1 is 1.21 bits per heavy atom. The molecule has 2 aromatic heterocycles. The molecule has 19 heavy (non-hydrogen) atoms. The fourth-order valence-electron chi connectivity index (χ4n) is 1.81. The summed E-state index contributed by atoms with van der Waals surface area (Å²) in [6.07, 6.45) is 8.71. The van der Waals surface area contributed by atoms with E-state index in [-0.39, 0.29) is 5.91 Å². The van der Waals surface area contributed by atoms with Crippen molar-refractivity contribution < 1.29 is 4.79 Å². The molecule has 2 heterocycles. The van der Waals surface area contributed by atoms with Crippen LogP contribution in [-0.4, -0.2) is 25.5 Å². The number of amides is 1. The van der Waals surface area contributed by atoms with Gasteiger partial charge in [-0.25, -0.2) is 0 Å². The lowest BCUT2D eigenvalue weighted by Gasteiger charge is -2.00. The highest BCUT2D eigenvalue weighted by atomic mass is 16.1. The number of carbonyl (C=O) groups is 1. The molecule has 0 fully saturated rings. The largest absolute Gasteiger partial charge is 0.323 e. The quantitative estimate of drug-likeness (QED) is 0.863. The van der Waals surface area contributed by atoms with E-state index in [0.29, 0.717) is 13.0 Å². The Morgan fingerprint density at radius 2 is 2.00 bits per heavy atom. The normalized spacial score (nSPS) is 10.6. The van der Waals surface area contributed by atoms with Crippen LogP contribution in [0.2, 0.25) is 0 Å². The predicted molar refractivity (Wildman–Crippen MR) is 72.8 cm³/mol. The lowest BCUT2D eigenvalue weighted by Crippen LogP contribution is -2.09. The molecule has 1 amide bonds. The van der Waals surface area contributed by atoms with Crippen molar-refractivity contribution in [2.24, 2.45) is 0 Å². The zero-order chi connectivity index (χ0) is 13.7. The molecule has 1 N–H and O–H groups in total. The second kappa shape index (κ2) is 6.17. The number of anilines is 1. The van der Waals surface area contributed by atoms with E-state index in [2.05, 4.69) is 15.5 Å². The minimum absolute atomic E-state index is 0.0286. The van der Waals surface area contributed by atoms with Crippen molar-refractivity contribution in [2.75, 3.05) is 5.32 Å². The summed E-state index contributed by atoms with van der Waals surface area (Å²) in [4.78, 5) is 11.5. The summed E-state index contributed by atoms with van der Waals surface area (Å²) in [6, 6.07) is 0. The van der Waals surface area contributed by atoms with E-state index < -0.39 is 0 Å². The highest BCUT2D eigenvalue weighted by Gasteiger charge is 2.04. The number of aromatic nitrogens is 4. The van der Waals surface area contributed by atoms with Gasteiger partial charge >= 0.3 is 0 Å². The summed E-state index contributed by atoms with van der Waals surface area (Å²) in [7, 11) is 0. The third kappa shape index (κ3) is 3.67. The number of aryl methyl sites for hydroxylation is 1. The maximum atomic E-state index is 11.5. The molecule has 0 spiro atoms. The van der Waals surface area contributed by atoms with E-state index in [0.717, 1.165) is 24.2 Å². The molecule has 0 aliphatic heterocycles. The minimum atomic E-state index is 0.0286. The van der Waals surface area contributed by atoms with Crippen molar-refractivity contribution in [1.29, 1.82) is 0 Å². The fraction of sp³-hybridized carbons (Fsp3) is 0.462. The van der Waals surface area contributed by atoms with Crippen molar-refractivity contribution >= 4 is 11.6 Å². The Labute approximate surface area is 112 Å². The van der Waals surface area contributed by atoms with Crippen LogP contribution < -0.4 is 5.32 Å². The van der Waals surface area contributed by atoms with Crippen molar-refractivity contribution in [2.45, 2.75) is 39.8 Å². The van der Waals surface area contributed by atoms with Crippen LogP contribution in [0.3, 0.4) is 0 Å². The van der Waals surface area contributed by atoms with E-state index in [9.17, 15) is 4.79 Å². The van der Waals surface area contributed by atoms with E-state index in [1.54, 1.807) is 10.9 Å². The van der Waals surface area contributed by atoms with Crippen LogP contribution in [0.15, 0.2) is 24.8 Å². The van der Waals surface area contributed by atoms with Gasteiger partial charge in [0, 0.05) is 30.9 Å². The van der Waals surface area contributed by atoms with Gasteiger partial charge in [0.1, 0.15) is 0 Å². The van der Waals surface area contributed by atoms with Gasteiger partial charge in [-0.2, -0.15) is 10.2 Å². The Bertz CT molecular complexity index is 543. The molecule has 0 aromatic carbocycles. The van der Waals surface area contributed by atoms with Crippen LogP contribution in [0.5, 0.6) is 0 Å². The molecule has 6 nitrogen and oxygen atoms in total. The second-order valence-corrected chi connectivity index (χ2v) is 4.43. The first-order valence-corrected chi connectivity index (χ1v) is 6.55. The summed E-state index contributed by atoms with van der Waals surface area (Å²) in [5.74, 6) is 0.0286. The molecule has 0 saturated heterocycles. The Kier molecular flexibility index (Phi) is 4.33. The third-order valence-corrected chi connectivity index (χ3v) is 2.75. The number of rotatable bonds is 6. The predicted octanol–water partition coefficient (Wildman–Crippen LogP) is 1.89. The maximum Gasteiger partial charge on any atom is 0.224 e. The number of hydrogen-bond acceptors (Lipinski definition) is 3. The molecule has 0 unspecified atom stereocenters. The smallest absolute Gasteiger partial charge is 0.224 e. The first kappa shape index (κ1) is 13.3. The van der Waals surface area contributed by atoms with Gasteiger partial charge in [0.15, 0.2) is 0 Å². The van der Waals surface area contributed by atoms with Crippen LogP contribution in [0.1, 0.15) is 32.3 Å². The summed E-state index contributed by atoms with van der Waals surface area (Å²) >= 11 is 0. The second-order valence-electron chi connectivity index (χ2n) is 4.43. The highest BCUT2D eigenvalue weighted by Crippen LogP contribution is 2.08. The molecule has 102 valence electrons. The molecule has 2 aromatic rings. The minimum Gasteiger partial charge on any atom is -0.323 e. The number of nitrogens with one attached hydrogen (secondary N) is 1. The standard InChI is InChI=1S/C13H19N5O/c1-3-5-13(19)16-12-7-15-18(10-12)9-11-6-14-17(4-2)8-11/h6-8,10H,3-5,9H2,1-2H3,(H,16,19). The maximum absolute atomic E-state index is 11.5. The Morgan fingerprint density at radius 3 is 2.68 bits per heavy atom. The topological polar surface area (TPSA) is 64.7 Å². The Hall–Kier alpha value is -2.11. The van der Waals surface area contributed by atoms with Crippen molar-refractivity contribution in [3.05, 3.63) is 30.4 Å². The number of nitrogens with zero attached hydrogens (tertiary/aromatic N) is 4. The van der Waals surface area contributed by atoms with Crippen LogP contribution in [-0.2, 0) is 17.9 Å². The van der Waals surface area contributed by atoms with Gasteiger partial charge in [0.2, 0.25) is 5.91 Å². The van der Waals surface area contributed by atoms with Gasteiger partial charge in [-0.15, -0.1) is 0 Å². The molecular weight excluding hydrogens is 242 g/mol. The van der Waals surface area contributed by atoms with Crippen LogP contribution in [0, 0.1) is 0 Å². The SMILES string of the molecule is CCCC(=O)Nc1cnn(Cc2cnn(CC)c2)c1. The lowest BCUT2D eigenvalue weighted by atomic mass is 10.3. The number of carbonyl (C=O) groups excluding carboxylic acids is 1. The van der Waals surface area contributed by atoms with Gasteiger partial charge in [-0.1, -0.05) is 6.92 Å². The van der Waals surface area contributed by atoms with Gasteiger partial charge < -0.3 is 5.32 Å². The Balaban J connectivity index is 1.95. The average Bonchev–Trinajstić information content (AvgIpc) is 2.99. The molecule has 0 aliphatic rings. The van der Waals surface area contributed by atoms with Crippen molar-refractivity contribution in [1.82, 2.24) is 19.6 Å². The lowest BCUT2D eigenvalue weighted by molar-refractivity contribution is -0.116. The van der Waals surface area contributed by atoms with E-state index in [1.807, 2.05) is 37.1 Å². The first-order chi connectivity index (χ1) is 9.21. The molecule has 0 saturated carbocycles. The van der Waals surface area contributed by atoms with Crippen LogP contribution in [0.25, 0.3) is 0 Å². The van der Waals surface area contributed by atoms with Gasteiger partial charge in [0.05, 0.1) is 24.6 Å². The summed E-state index contributed by atoms with van der Waals surface area (Å²) < 4.78 is 3.67. The molecule has 0 aliphatic carbocycles. The zero-order valence-corrected chi connectivity index (χ0v) is 11.3. The van der Waals surface area contributed by atoms with E-state index in [1.165, 1.54) is 0 Å². The summed E-state index contributed by atoms with van der Waals surface area (Å²) in [5, 5.41) is 11.3. The molecule has 6 heteroatoms. The van der Waals surface area contributed by atoms with Gasteiger partial charge in [0.25, 0.3) is 0 Å². The molecule has 0 atom stereocenters. The molecule has 0 bridgehead atoms. The van der Waals surface area contributed by atoms with Crippen molar-refractivity contribution in [3.63, 3.8) is 0 Å². The van der Waals surface area contributed by atoms with Crippen LogP contribution >= 0.6 is 0 Å². The monoisotopic (exact) mass is 261 g/mol. The third-order valence-electron chi connectivity index (χ3n) is 2.75. The van der Waals surface area contributed by atoms with Crippen LogP contribution in [0.4, 0.5) is 5.69 Å². The summed E-state index contributed by atoms with van der Waals surface area (Å²) in [5.41, 5.74) is 1.83. The highest BCUT2D eigenvalue weighted by molar-refractivity contribution is 5.90. The zero-order valence-electron chi connectivity index (χ0n) is 11.3. The van der Waals surface area contributed by atoms with Crippen molar-refractivity contribution in [3.8, 4) is 0 Å². The molecule has 0 radical (unpaired) electrons. The van der Waals surface area contributed by atoms with Gasteiger partial charge in [-0.05, 0) is 13.3 Å². The molecular formula is C13H19N5O.